The second-order valence-electron chi connectivity index (χ2n) is 3.49. The van der Waals surface area contributed by atoms with Crippen LogP contribution in [-0.2, 0) is 0 Å². The van der Waals surface area contributed by atoms with Crippen LogP contribution >= 0.6 is 15.9 Å². The van der Waals surface area contributed by atoms with Crippen LogP contribution in [0.3, 0.4) is 0 Å². The van der Waals surface area contributed by atoms with Gasteiger partial charge < -0.3 is 14.6 Å². The summed E-state index contributed by atoms with van der Waals surface area (Å²) < 4.78 is 11.1. The number of carbonyl (C=O) groups is 1. The van der Waals surface area contributed by atoms with Crippen LogP contribution in [0.1, 0.15) is 30.1 Å². The van der Waals surface area contributed by atoms with E-state index in [-0.39, 0.29) is 5.56 Å². The zero-order chi connectivity index (χ0) is 12.8. The van der Waals surface area contributed by atoms with Gasteiger partial charge in [-0.25, -0.2) is 4.79 Å². The van der Waals surface area contributed by atoms with Crippen LogP contribution in [0.2, 0.25) is 0 Å². The predicted molar refractivity (Wildman–Crippen MR) is 68.1 cm³/mol. The van der Waals surface area contributed by atoms with Gasteiger partial charge in [0.15, 0.2) is 0 Å². The summed E-state index contributed by atoms with van der Waals surface area (Å²) in [5.74, 6) is -0.194. The number of halogens is 1. The SMILES string of the molecule is CCCCOc1c(Br)cc(OC)cc1C(=O)O. The molecule has 0 saturated carbocycles. The highest BCUT2D eigenvalue weighted by Crippen LogP contribution is 2.34. The van der Waals surface area contributed by atoms with Gasteiger partial charge in [0.05, 0.1) is 18.2 Å². The van der Waals surface area contributed by atoms with Gasteiger partial charge in [-0.15, -0.1) is 0 Å². The molecule has 0 aromatic heterocycles. The van der Waals surface area contributed by atoms with Gasteiger partial charge in [0.2, 0.25) is 0 Å². The van der Waals surface area contributed by atoms with Crippen LogP contribution in [0, 0.1) is 0 Å². The molecule has 0 unspecified atom stereocenters. The number of aromatic carboxylic acids is 1. The maximum absolute atomic E-state index is 11.1. The molecule has 0 aliphatic heterocycles. The molecule has 0 spiro atoms. The standard InChI is InChI=1S/C12H15BrO4/c1-3-4-5-17-11-9(12(14)15)6-8(16-2)7-10(11)13/h6-7H,3-5H2,1-2H3,(H,14,15). The summed E-state index contributed by atoms with van der Waals surface area (Å²) in [6.07, 6.45) is 1.88. The van der Waals surface area contributed by atoms with Gasteiger partial charge in [-0.2, -0.15) is 0 Å². The number of carboxylic acids is 1. The molecule has 0 fully saturated rings. The van der Waals surface area contributed by atoms with Gasteiger partial charge in [-0.3, -0.25) is 0 Å². The minimum atomic E-state index is -1.03. The topological polar surface area (TPSA) is 55.8 Å². The number of hydrogen-bond acceptors (Lipinski definition) is 3. The highest BCUT2D eigenvalue weighted by atomic mass is 79.9. The van der Waals surface area contributed by atoms with E-state index in [1.165, 1.54) is 13.2 Å². The molecule has 0 heterocycles. The molecule has 0 aliphatic carbocycles. The Morgan fingerprint density at radius 3 is 2.71 bits per heavy atom. The zero-order valence-electron chi connectivity index (χ0n) is 9.83. The van der Waals surface area contributed by atoms with Crippen molar-refractivity contribution in [3.05, 3.63) is 22.2 Å². The third-order valence-electron chi connectivity index (χ3n) is 2.23. The lowest BCUT2D eigenvalue weighted by molar-refractivity contribution is 0.0691. The zero-order valence-corrected chi connectivity index (χ0v) is 11.4. The highest BCUT2D eigenvalue weighted by molar-refractivity contribution is 9.10. The molecule has 5 heteroatoms. The van der Waals surface area contributed by atoms with E-state index in [0.29, 0.717) is 22.6 Å². The molecular formula is C12H15BrO4. The van der Waals surface area contributed by atoms with E-state index in [0.717, 1.165) is 12.8 Å². The Balaban J connectivity index is 3.04. The van der Waals surface area contributed by atoms with Crippen molar-refractivity contribution in [2.75, 3.05) is 13.7 Å². The summed E-state index contributed by atoms with van der Waals surface area (Å²) in [7, 11) is 1.49. The molecule has 0 bridgehead atoms. The van der Waals surface area contributed by atoms with Crippen molar-refractivity contribution < 1.29 is 19.4 Å². The van der Waals surface area contributed by atoms with E-state index < -0.39 is 5.97 Å². The predicted octanol–water partition coefficient (Wildman–Crippen LogP) is 3.33. The quantitative estimate of drug-likeness (QED) is 0.819. The van der Waals surface area contributed by atoms with Crippen molar-refractivity contribution in [2.24, 2.45) is 0 Å². The molecule has 0 amide bonds. The largest absolute Gasteiger partial charge is 0.497 e. The third-order valence-corrected chi connectivity index (χ3v) is 2.82. The number of ether oxygens (including phenoxy) is 2. The Bertz CT molecular complexity index is 404. The Hall–Kier alpha value is -1.23. The fraction of sp³-hybridized carbons (Fsp3) is 0.417. The molecule has 94 valence electrons. The Morgan fingerprint density at radius 1 is 1.47 bits per heavy atom. The van der Waals surface area contributed by atoms with Gasteiger partial charge in [0, 0.05) is 0 Å². The van der Waals surface area contributed by atoms with Crippen molar-refractivity contribution in [3.8, 4) is 11.5 Å². The van der Waals surface area contributed by atoms with E-state index in [1.807, 2.05) is 6.92 Å². The van der Waals surface area contributed by atoms with Crippen LogP contribution < -0.4 is 9.47 Å². The van der Waals surface area contributed by atoms with E-state index in [9.17, 15) is 4.79 Å². The van der Waals surface area contributed by atoms with Crippen molar-refractivity contribution >= 4 is 21.9 Å². The first-order chi connectivity index (χ1) is 8.10. The lowest BCUT2D eigenvalue weighted by Gasteiger charge is -2.12. The number of methoxy groups -OCH3 is 1. The number of carboxylic acid groups (broad SMARTS) is 1. The van der Waals surface area contributed by atoms with Crippen molar-refractivity contribution in [3.63, 3.8) is 0 Å². The van der Waals surface area contributed by atoms with Crippen LogP contribution in [0.4, 0.5) is 0 Å². The van der Waals surface area contributed by atoms with Gasteiger partial charge >= 0.3 is 5.97 Å². The minimum Gasteiger partial charge on any atom is -0.497 e. The molecule has 0 saturated heterocycles. The normalized spacial score (nSPS) is 10.1. The van der Waals surface area contributed by atoms with Gasteiger partial charge in [0.25, 0.3) is 0 Å². The maximum Gasteiger partial charge on any atom is 0.339 e. The molecule has 1 aromatic rings. The average Bonchev–Trinajstić information content (AvgIpc) is 2.30. The van der Waals surface area contributed by atoms with Gasteiger partial charge in [-0.1, -0.05) is 13.3 Å². The number of rotatable bonds is 6. The van der Waals surface area contributed by atoms with Gasteiger partial charge in [0.1, 0.15) is 17.1 Å². The summed E-state index contributed by atoms with van der Waals surface area (Å²) in [6, 6.07) is 3.14. The maximum atomic E-state index is 11.1. The minimum absolute atomic E-state index is 0.104. The molecule has 1 aromatic carbocycles. The lowest BCUT2D eigenvalue weighted by atomic mass is 10.2. The highest BCUT2D eigenvalue weighted by Gasteiger charge is 2.16. The third kappa shape index (κ3) is 3.63. The Labute approximate surface area is 109 Å². The summed E-state index contributed by atoms with van der Waals surface area (Å²) >= 11 is 3.29. The molecule has 0 atom stereocenters. The molecular weight excluding hydrogens is 288 g/mol. The summed E-state index contributed by atoms with van der Waals surface area (Å²) in [5, 5.41) is 9.11. The average molecular weight is 303 g/mol. The summed E-state index contributed by atoms with van der Waals surface area (Å²) in [4.78, 5) is 11.1. The van der Waals surface area contributed by atoms with Crippen LogP contribution in [0.15, 0.2) is 16.6 Å². The first-order valence-electron chi connectivity index (χ1n) is 5.33. The molecule has 1 N–H and O–H groups in total. The molecule has 4 nitrogen and oxygen atoms in total. The Morgan fingerprint density at radius 2 is 2.18 bits per heavy atom. The monoisotopic (exact) mass is 302 g/mol. The Kier molecular flexibility index (Phi) is 5.28. The van der Waals surface area contributed by atoms with Crippen LogP contribution in [0.25, 0.3) is 0 Å². The molecule has 0 radical (unpaired) electrons. The first kappa shape index (κ1) is 13.8. The molecule has 1 rings (SSSR count). The fourth-order valence-electron chi connectivity index (χ4n) is 1.31. The van der Waals surface area contributed by atoms with E-state index in [4.69, 9.17) is 14.6 Å². The van der Waals surface area contributed by atoms with Crippen LogP contribution in [0.5, 0.6) is 11.5 Å². The number of benzene rings is 1. The van der Waals surface area contributed by atoms with Crippen molar-refractivity contribution in [2.45, 2.75) is 19.8 Å². The van der Waals surface area contributed by atoms with E-state index in [2.05, 4.69) is 15.9 Å². The lowest BCUT2D eigenvalue weighted by Crippen LogP contribution is -2.05. The second kappa shape index (κ2) is 6.49. The van der Waals surface area contributed by atoms with Crippen molar-refractivity contribution in [1.29, 1.82) is 0 Å². The first-order valence-corrected chi connectivity index (χ1v) is 6.13. The second-order valence-corrected chi connectivity index (χ2v) is 4.35. The molecule has 17 heavy (non-hydrogen) atoms. The smallest absolute Gasteiger partial charge is 0.339 e. The van der Waals surface area contributed by atoms with E-state index >= 15 is 0 Å². The van der Waals surface area contributed by atoms with Crippen LogP contribution in [-0.4, -0.2) is 24.8 Å². The molecule has 0 aliphatic rings. The number of unbranched alkanes of at least 4 members (excludes halogenated alkanes) is 1. The van der Waals surface area contributed by atoms with Crippen molar-refractivity contribution in [1.82, 2.24) is 0 Å². The number of hydrogen-bond donors (Lipinski definition) is 1. The summed E-state index contributed by atoms with van der Waals surface area (Å²) in [5.41, 5.74) is 0.104. The van der Waals surface area contributed by atoms with Gasteiger partial charge in [-0.05, 0) is 34.5 Å². The van der Waals surface area contributed by atoms with E-state index in [1.54, 1.807) is 6.07 Å². The fourth-order valence-corrected chi connectivity index (χ4v) is 1.86. The summed E-state index contributed by atoms with van der Waals surface area (Å²) in [6.45, 7) is 2.55.